The standard InChI is InChI=1S/C18H21ClN2O4S/c1-24-18-7-6-16(10-17(18)19)26(22,23)21-9-3-5-15(12-21)25-13-14-4-2-8-20-11-14/h2,4,6-8,10-11,15H,3,5,9,12-13H2,1H3. The molecule has 0 radical (unpaired) electrons. The smallest absolute Gasteiger partial charge is 0.243 e. The van der Waals surface area contributed by atoms with Crippen molar-refractivity contribution in [2.75, 3.05) is 20.2 Å². The van der Waals surface area contributed by atoms with Crippen LogP contribution in [0.2, 0.25) is 5.02 Å². The molecule has 1 aromatic heterocycles. The first-order valence-corrected chi connectivity index (χ1v) is 10.2. The molecule has 6 nitrogen and oxygen atoms in total. The maximum absolute atomic E-state index is 12.9. The summed E-state index contributed by atoms with van der Waals surface area (Å²) in [5, 5.41) is 0.273. The van der Waals surface area contributed by atoms with Crippen LogP contribution in [-0.4, -0.2) is 44.0 Å². The van der Waals surface area contributed by atoms with Gasteiger partial charge in [-0.15, -0.1) is 0 Å². The van der Waals surface area contributed by atoms with Gasteiger partial charge in [0.05, 0.1) is 29.7 Å². The summed E-state index contributed by atoms with van der Waals surface area (Å²) in [5.41, 5.74) is 0.967. The van der Waals surface area contributed by atoms with Crippen LogP contribution in [0.3, 0.4) is 0 Å². The molecule has 0 N–H and O–H groups in total. The Balaban J connectivity index is 1.68. The number of piperidine rings is 1. The largest absolute Gasteiger partial charge is 0.495 e. The minimum Gasteiger partial charge on any atom is -0.495 e. The molecule has 2 aromatic rings. The lowest BCUT2D eigenvalue weighted by Crippen LogP contribution is -2.43. The number of ether oxygens (including phenoxy) is 2. The third-order valence-electron chi connectivity index (χ3n) is 4.31. The van der Waals surface area contributed by atoms with Gasteiger partial charge in [0.15, 0.2) is 0 Å². The van der Waals surface area contributed by atoms with E-state index in [1.54, 1.807) is 18.5 Å². The second kappa shape index (κ2) is 8.35. The first kappa shape index (κ1) is 19.1. The molecule has 1 aliphatic rings. The van der Waals surface area contributed by atoms with Gasteiger partial charge >= 0.3 is 0 Å². The zero-order chi connectivity index (χ0) is 18.6. The molecule has 0 aliphatic carbocycles. The van der Waals surface area contributed by atoms with Gasteiger partial charge in [-0.25, -0.2) is 8.42 Å². The number of hydrogen-bond donors (Lipinski definition) is 0. The zero-order valence-electron chi connectivity index (χ0n) is 14.5. The third kappa shape index (κ3) is 4.35. The molecule has 1 saturated heterocycles. The summed E-state index contributed by atoms with van der Waals surface area (Å²) < 4.78 is 38.3. The van der Waals surface area contributed by atoms with Gasteiger partial charge < -0.3 is 9.47 Å². The average molecular weight is 397 g/mol. The number of benzene rings is 1. The molecule has 26 heavy (non-hydrogen) atoms. The molecule has 1 aliphatic heterocycles. The molecular weight excluding hydrogens is 376 g/mol. The minimum atomic E-state index is -3.62. The molecule has 0 saturated carbocycles. The molecule has 8 heteroatoms. The number of sulfonamides is 1. The maximum Gasteiger partial charge on any atom is 0.243 e. The van der Waals surface area contributed by atoms with E-state index >= 15 is 0 Å². The zero-order valence-corrected chi connectivity index (χ0v) is 16.0. The lowest BCUT2D eigenvalue weighted by Gasteiger charge is -2.32. The highest BCUT2D eigenvalue weighted by Crippen LogP contribution is 2.29. The van der Waals surface area contributed by atoms with Crippen molar-refractivity contribution in [3.8, 4) is 5.75 Å². The number of nitrogens with zero attached hydrogens (tertiary/aromatic N) is 2. The van der Waals surface area contributed by atoms with E-state index in [1.807, 2.05) is 12.1 Å². The number of rotatable bonds is 6. The van der Waals surface area contributed by atoms with E-state index < -0.39 is 10.0 Å². The second-order valence-corrected chi connectivity index (χ2v) is 8.44. The molecule has 1 unspecified atom stereocenters. The van der Waals surface area contributed by atoms with Crippen LogP contribution in [0.1, 0.15) is 18.4 Å². The summed E-state index contributed by atoms with van der Waals surface area (Å²) in [6.07, 6.45) is 4.89. The second-order valence-electron chi connectivity index (χ2n) is 6.10. The highest BCUT2D eigenvalue weighted by molar-refractivity contribution is 7.89. The minimum absolute atomic E-state index is 0.146. The third-order valence-corrected chi connectivity index (χ3v) is 6.47. The Kier molecular flexibility index (Phi) is 6.13. The van der Waals surface area contributed by atoms with Crippen LogP contribution in [0.4, 0.5) is 0 Å². The maximum atomic E-state index is 12.9. The fourth-order valence-corrected chi connectivity index (χ4v) is 4.77. The summed E-state index contributed by atoms with van der Waals surface area (Å²) in [6, 6.07) is 8.29. The number of hydrogen-bond acceptors (Lipinski definition) is 5. The topological polar surface area (TPSA) is 68.7 Å². The molecule has 140 valence electrons. The molecule has 1 fully saturated rings. The van der Waals surface area contributed by atoms with Gasteiger partial charge in [-0.05, 0) is 42.7 Å². The molecule has 0 spiro atoms. The highest BCUT2D eigenvalue weighted by atomic mass is 35.5. The van der Waals surface area contributed by atoms with Gasteiger partial charge in [0.1, 0.15) is 5.75 Å². The SMILES string of the molecule is COc1ccc(S(=O)(=O)N2CCCC(OCc3cccnc3)C2)cc1Cl. The number of aromatic nitrogens is 1. The molecule has 0 amide bonds. The summed E-state index contributed by atoms with van der Waals surface area (Å²) in [6.45, 7) is 1.21. The van der Waals surface area contributed by atoms with Gasteiger partial charge in [0.25, 0.3) is 0 Å². The van der Waals surface area contributed by atoms with Crippen LogP contribution >= 0.6 is 11.6 Å². The molecule has 2 heterocycles. The van der Waals surface area contributed by atoms with Crippen LogP contribution in [-0.2, 0) is 21.4 Å². The van der Waals surface area contributed by atoms with Gasteiger partial charge in [-0.1, -0.05) is 17.7 Å². The van der Waals surface area contributed by atoms with Crippen molar-refractivity contribution in [2.45, 2.75) is 30.4 Å². The first-order chi connectivity index (χ1) is 12.5. The van der Waals surface area contributed by atoms with E-state index in [0.29, 0.717) is 25.4 Å². The van der Waals surface area contributed by atoms with E-state index in [9.17, 15) is 8.42 Å². The number of halogens is 1. The van der Waals surface area contributed by atoms with Crippen LogP contribution in [0.5, 0.6) is 5.75 Å². The average Bonchev–Trinajstić information content (AvgIpc) is 2.67. The van der Waals surface area contributed by atoms with E-state index in [-0.39, 0.29) is 16.0 Å². The highest BCUT2D eigenvalue weighted by Gasteiger charge is 2.31. The van der Waals surface area contributed by atoms with Crippen molar-refractivity contribution in [1.82, 2.24) is 9.29 Å². The Hall–Kier alpha value is -1.67. The van der Waals surface area contributed by atoms with E-state index in [4.69, 9.17) is 21.1 Å². The first-order valence-electron chi connectivity index (χ1n) is 8.35. The quantitative estimate of drug-likeness (QED) is 0.750. The predicted molar refractivity (Wildman–Crippen MR) is 98.8 cm³/mol. The van der Waals surface area contributed by atoms with Crippen LogP contribution in [0, 0.1) is 0 Å². The van der Waals surface area contributed by atoms with Crippen molar-refractivity contribution in [3.63, 3.8) is 0 Å². The normalized spacial score (nSPS) is 18.6. The van der Waals surface area contributed by atoms with Gasteiger partial charge in [-0.3, -0.25) is 4.98 Å². The van der Waals surface area contributed by atoms with Crippen molar-refractivity contribution in [1.29, 1.82) is 0 Å². The monoisotopic (exact) mass is 396 g/mol. The lowest BCUT2D eigenvalue weighted by atomic mass is 10.1. The van der Waals surface area contributed by atoms with E-state index in [2.05, 4.69) is 4.98 Å². The van der Waals surface area contributed by atoms with Crippen LogP contribution < -0.4 is 4.74 Å². The van der Waals surface area contributed by atoms with Crippen molar-refractivity contribution in [3.05, 3.63) is 53.3 Å². The number of pyridine rings is 1. The van der Waals surface area contributed by atoms with Gasteiger partial charge in [-0.2, -0.15) is 4.31 Å². The number of methoxy groups -OCH3 is 1. The lowest BCUT2D eigenvalue weighted by molar-refractivity contribution is 0.00800. The Morgan fingerprint density at radius 2 is 2.19 bits per heavy atom. The molecular formula is C18H21ClN2O4S. The summed E-state index contributed by atoms with van der Waals surface area (Å²) >= 11 is 6.08. The molecule has 0 bridgehead atoms. The van der Waals surface area contributed by atoms with Crippen LogP contribution in [0.15, 0.2) is 47.6 Å². The Morgan fingerprint density at radius 1 is 1.35 bits per heavy atom. The molecule has 1 aromatic carbocycles. The fourth-order valence-electron chi connectivity index (χ4n) is 2.91. The van der Waals surface area contributed by atoms with Gasteiger partial charge in [0, 0.05) is 25.5 Å². The predicted octanol–water partition coefficient (Wildman–Crippen LogP) is 3.11. The Labute approximate surface area is 158 Å². The van der Waals surface area contributed by atoms with E-state index in [1.165, 1.54) is 23.5 Å². The fraction of sp³-hybridized carbons (Fsp3) is 0.389. The Morgan fingerprint density at radius 3 is 2.88 bits per heavy atom. The Bertz CT molecular complexity index is 846. The van der Waals surface area contributed by atoms with Crippen molar-refractivity contribution in [2.24, 2.45) is 0 Å². The van der Waals surface area contributed by atoms with Crippen molar-refractivity contribution >= 4 is 21.6 Å². The summed E-state index contributed by atoms with van der Waals surface area (Å²) in [4.78, 5) is 4.22. The van der Waals surface area contributed by atoms with Gasteiger partial charge in [0.2, 0.25) is 10.0 Å². The molecule has 1 atom stereocenters. The van der Waals surface area contributed by atoms with Crippen molar-refractivity contribution < 1.29 is 17.9 Å². The van der Waals surface area contributed by atoms with E-state index in [0.717, 1.165) is 18.4 Å². The summed E-state index contributed by atoms with van der Waals surface area (Å²) in [5.74, 6) is 0.446. The van der Waals surface area contributed by atoms with Crippen LogP contribution in [0.25, 0.3) is 0 Å². The molecule has 3 rings (SSSR count). The summed E-state index contributed by atoms with van der Waals surface area (Å²) in [7, 11) is -2.13.